The van der Waals surface area contributed by atoms with Crippen molar-refractivity contribution in [2.24, 2.45) is 5.41 Å². The summed E-state index contributed by atoms with van der Waals surface area (Å²) in [7, 11) is 1.53. The summed E-state index contributed by atoms with van der Waals surface area (Å²) in [6, 6.07) is 5.14. The first-order valence-electron chi connectivity index (χ1n) is 5.62. The van der Waals surface area contributed by atoms with Gasteiger partial charge in [0.05, 0.1) is 12.5 Å². The maximum Gasteiger partial charge on any atom is 0.309 e. The molecule has 0 saturated carbocycles. The van der Waals surface area contributed by atoms with E-state index in [9.17, 15) is 9.59 Å². The van der Waals surface area contributed by atoms with Crippen LogP contribution in [0.25, 0.3) is 0 Å². The fraction of sp³-hybridized carbons (Fsp3) is 0.385. The Hall–Kier alpha value is -1.56. The molecular weight excluding hydrogens is 314 g/mol. The Balaban J connectivity index is 2.77. The Morgan fingerprint density at radius 3 is 2.53 bits per heavy atom. The Morgan fingerprint density at radius 1 is 1.37 bits per heavy atom. The van der Waals surface area contributed by atoms with Crippen LogP contribution in [0.2, 0.25) is 0 Å². The first-order chi connectivity index (χ1) is 8.74. The quantitative estimate of drug-likeness (QED) is 0.870. The van der Waals surface area contributed by atoms with Gasteiger partial charge in [-0.15, -0.1) is 0 Å². The van der Waals surface area contributed by atoms with Crippen LogP contribution in [0.3, 0.4) is 0 Å². The molecule has 2 N–H and O–H groups in total. The zero-order valence-electron chi connectivity index (χ0n) is 11.0. The Bertz CT molecular complexity index is 499. The normalized spacial score (nSPS) is 10.9. The van der Waals surface area contributed by atoms with E-state index >= 15 is 0 Å². The fourth-order valence-electron chi connectivity index (χ4n) is 1.43. The average Bonchev–Trinajstić information content (AvgIpc) is 2.26. The molecule has 5 nitrogen and oxygen atoms in total. The summed E-state index contributed by atoms with van der Waals surface area (Å²) in [6.07, 6.45) is -0.100. The van der Waals surface area contributed by atoms with Gasteiger partial charge in [-0.2, -0.15) is 0 Å². The highest BCUT2D eigenvalue weighted by Crippen LogP contribution is 2.26. The number of amides is 1. The highest BCUT2D eigenvalue weighted by atomic mass is 79.9. The molecule has 1 rings (SSSR count). The van der Waals surface area contributed by atoms with Crippen LogP contribution in [0.15, 0.2) is 22.7 Å². The molecular formula is C13H16BrNO4. The monoisotopic (exact) mass is 329 g/mol. The van der Waals surface area contributed by atoms with Crippen molar-refractivity contribution in [2.75, 3.05) is 12.4 Å². The van der Waals surface area contributed by atoms with E-state index in [0.717, 1.165) is 4.47 Å². The van der Waals surface area contributed by atoms with Crippen LogP contribution in [0.1, 0.15) is 20.3 Å². The van der Waals surface area contributed by atoms with E-state index in [2.05, 4.69) is 21.2 Å². The molecule has 0 bridgehead atoms. The number of benzene rings is 1. The maximum atomic E-state index is 11.8. The Morgan fingerprint density at radius 2 is 2.00 bits per heavy atom. The van der Waals surface area contributed by atoms with Crippen LogP contribution in [0.5, 0.6) is 5.75 Å². The van der Waals surface area contributed by atoms with Gasteiger partial charge in [-0.25, -0.2) is 0 Å². The summed E-state index contributed by atoms with van der Waals surface area (Å²) in [5.74, 6) is -0.760. The molecule has 0 heterocycles. The van der Waals surface area contributed by atoms with Crippen molar-refractivity contribution in [3.05, 3.63) is 22.7 Å². The molecule has 1 aromatic rings. The number of nitrogens with one attached hydrogen (secondary N) is 1. The zero-order chi connectivity index (χ0) is 14.6. The van der Waals surface area contributed by atoms with Crippen LogP contribution in [0.4, 0.5) is 5.69 Å². The Labute approximate surface area is 120 Å². The number of hydrogen-bond donors (Lipinski definition) is 2. The zero-order valence-corrected chi connectivity index (χ0v) is 12.6. The number of carboxylic acid groups (broad SMARTS) is 1. The first-order valence-corrected chi connectivity index (χ1v) is 6.42. The molecule has 0 spiro atoms. The largest absolute Gasteiger partial charge is 0.497 e. The van der Waals surface area contributed by atoms with Gasteiger partial charge in [-0.1, -0.05) is 15.9 Å². The van der Waals surface area contributed by atoms with Gasteiger partial charge < -0.3 is 15.2 Å². The van der Waals surface area contributed by atoms with Gasteiger partial charge in [-0.05, 0) is 26.0 Å². The third kappa shape index (κ3) is 4.55. The molecule has 0 fully saturated rings. The molecule has 0 aliphatic heterocycles. The van der Waals surface area contributed by atoms with Gasteiger partial charge in [0, 0.05) is 22.6 Å². The van der Waals surface area contributed by atoms with E-state index in [1.165, 1.54) is 21.0 Å². The van der Waals surface area contributed by atoms with Crippen molar-refractivity contribution in [1.82, 2.24) is 0 Å². The topological polar surface area (TPSA) is 75.6 Å². The van der Waals surface area contributed by atoms with E-state index in [4.69, 9.17) is 9.84 Å². The maximum absolute atomic E-state index is 11.8. The molecule has 0 aliphatic carbocycles. The number of anilines is 1. The molecule has 104 valence electrons. The highest BCUT2D eigenvalue weighted by molar-refractivity contribution is 9.10. The molecule has 0 unspecified atom stereocenters. The van der Waals surface area contributed by atoms with Gasteiger partial charge in [0.2, 0.25) is 5.91 Å². The second-order valence-corrected chi connectivity index (χ2v) is 5.71. The minimum atomic E-state index is -1.10. The molecule has 0 aromatic heterocycles. The predicted molar refractivity (Wildman–Crippen MR) is 75.4 cm³/mol. The van der Waals surface area contributed by atoms with Crippen molar-refractivity contribution in [1.29, 1.82) is 0 Å². The van der Waals surface area contributed by atoms with E-state index in [1.807, 2.05) is 0 Å². The number of halogens is 1. The summed E-state index contributed by atoms with van der Waals surface area (Å²) >= 11 is 3.30. The highest BCUT2D eigenvalue weighted by Gasteiger charge is 2.30. The van der Waals surface area contributed by atoms with Gasteiger partial charge >= 0.3 is 5.97 Å². The number of ether oxygens (including phenoxy) is 1. The minimum absolute atomic E-state index is 0.100. The second-order valence-electron chi connectivity index (χ2n) is 4.79. The van der Waals surface area contributed by atoms with Crippen LogP contribution in [-0.4, -0.2) is 24.1 Å². The summed E-state index contributed by atoms with van der Waals surface area (Å²) < 4.78 is 5.84. The molecule has 0 saturated heterocycles. The lowest BCUT2D eigenvalue weighted by Crippen LogP contribution is -2.29. The van der Waals surface area contributed by atoms with Crippen molar-refractivity contribution < 1.29 is 19.4 Å². The lowest BCUT2D eigenvalue weighted by molar-refractivity contribution is -0.148. The number of aliphatic carboxylic acids is 1. The minimum Gasteiger partial charge on any atom is -0.497 e. The second kappa shape index (κ2) is 6.06. The molecule has 0 atom stereocenters. The van der Waals surface area contributed by atoms with Crippen LogP contribution >= 0.6 is 15.9 Å². The third-order valence-electron chi connectivity index (χ3n) is 2.57. The lowest BCUT2D eigenvalue weighted by atomic mass is 9.89. The number of carbonyl (C=O) groups excluding carboxylic acids is 1. The Kier molecular flexibility index (Phi) is 4.94. The smallest absolute Gasteiger partial charge is 0.309 e. The van der Waals surface area contributed by atoms with Crippen LogP contribution in [-0.2, 0) is 9.59 Å². The van der Waals surface area contributed by atoms with Gasteiger partial charge in [0.25, 0.3) is 0 Å². The van der Waals surface area contributed by atoms with E-state index < -0.39 is 11.4 Å². The predicted octanol–water partition coefficient (Wildman–Crippen LogP) is 2.90. The van der Waals surface area contributed by atoms with Gasteiger partial charge in [0.15, 0.2) is 0 Å². The number of carboxylic acids is 1. The average molecular weight is 330 g/mol. The fourth-order valence-corrected chi connectivity index (χ4v) is 1.91. The van der Waals surface area contributed by atoms with E-state index in [-0.39, 0.29) is 12.3 Å². The number of hydrogen-bond acceptors (Lipinski definition) is 3. The summed E-state index contributed by atoms with van der Waals surface area (Å²) in [4.78, 5) is 22.8. The third-order valence-corrected chi connectivity index (χ3v) is 3.03. The van der Waals surface area contributed by atoms with Crippen molar-refractivity contribution >= 4 is 33.5 Å². The number of carbonyl (C=O) groups is 2. The van der Waals surface area contributed by atoms with Crippen LogP contribution < -0.4 is 10.1 Å². The summed E-state index contributed by atoms with van der Waals surface area (Å²) in [6.45, 7) is 3.02. The van der Waals surface area contributed by atoms with E-state index in [1.54, 1.807) is 18.2 Å². The molecule has 6 heteroatoms. The molecule has 1 aromatic carbocycles. The van der Waals surface area contributed by atoms with Gasteiger partial charge in [0.1, 0.15) is 5.75 Å². The summed E-state index contributed by atoms with van der Waals surface area (Å²) in [5, 5.41) is 11.6. The lowest BCUT2D eigenvalue weighted by Gasteiger charge is -2.18. The SMILES string of the molecule is COc1cc(Br)cc(NC(=O)CC(C)(C)C(=O)O)c1. The molecule has 0 radical (unpaired) electrons. The molecule has 19 heavy (non-hydrogen) atoms. The van der Waals surface area contributed by atoms with Crippen LogP contribution in [0, 0.1) is 5.41 Å². The van der Waals surface area contributed by atoms with Crippen molar-refractivity contribution in [3.63, 3.8) is 0 Å². The van der Waals surface area contributed by atoms with Gasteiger partial charge in [-0.3, -0.25) is 9.59 Å². The number of methoxy groups -OCH3 is 1. The van der Waals surface area contributed by atoms with E-state index in [0.29, 0.717) is 11.4 Å². The molecule has 0 aliphatic rings. The van der Waals surface area contributed by atoms with Crippen molar-refractivity contribution in [3.8, 4) is 5.75 Å². The number of rotatable bonds is 5. The summed E-state index contributed by atoms with van der Waals surface area (Å²) in [5.41, 5.74) is -0.544. The molecule has 1 amide bonds. The first kappa shape index (κ1) is 15.5. The van der Waals surface area contributed by atoms with Crippen molar-refractivity contribution in [2.45, 2.75) is 20.3 Å². The standard InChI is InChI=1S/C13H16BrNO4/c1-13(2,12(17)18)7-11(16)15-9-4-8(14)5-10(6-9)19-3/h4-6H,7H2,1-3H3,(H,15,16)(H,17,18).